The fourth-order valence-corrected chi connectivity index (χ4v) is 2.59. The van der Waals surface area contributed by atoms with Crippen molar-refractivity contribution >= 4 is 0 Å². The molecule has 0 nitrogen and oxygen atoms in total. The number of hydrogen-bond donors (Lipinski definition) is 0. The molecule has 21 heavy (non-hydrogen) atoms. The van der Waals surface area contributed by atoms with E-state index in [-0.39, 0.29) is 0 Å². The zero-order valence-electron chi connectivity index (χ0n) is 16.0. The molecular weight excluding hydrogens is 252 g/mol. The molecule has 0 saturated heterocycles. The maximum Gasteiger partial charge on any atom is -0.0320 e. The van der Waals surface area contributed by atoms with Crippen LogP contribution >= 0.6 is 0 Å². The van der Waals surface area contributed by atoms with Gasteiger partial charge in [0.1, 0.15) is 0 Å². The highest BCUT2D eigenvalue weighted by Crippen LogP contribution is 2.19. The lowest BCUT2D eigenvalue weighted by atomic mass is 9.98. The van der Waals surface area contributed by atoms with E-state index in [9.17, 15) is 0 Å². The highest BCUT2D eigenvalue weighted by Gasteiger charge is 1.99. The lowest BCUT2D eigenvalue weighted by Crippen LogP contribution is -1.88. The zero-order chi connectivity index (χ0) is 16.2. The monoisotopic (exact) mass is 296 g/mol. The molecule has 0 aliphatic heterocycles. The van der Waals surface area contributed by atoms with Crippen molar-refractivity contribution in [2.45, 2.75) is 125 Å². The molecule has 0 atom stereocenters. The van der Waals surface area contributed by atoms with Gasteiger partial charge in [0.2, 0.25) is 0 Å². The van der Waals surface area contributed by atoms with Crippen molar-refractivity contribution < 1.29 is 0 Å². The highest BCUT2D eigenvalue weighted by atomic mass is 14.0. The quantitative estimate of drug-likeness (QED) is 0.223. The molecule has 0 unspecified atom stereocenters. The standard InChI is InChI=1S/C19H38.C2H6/c1-4-7-10-13-16-19(17-14-11-8-5-2)18-15-12-9-6-3;1-2/h16H,4-15,17-18H2,1-3H3;1-2H3. The van der Waals surface area contributed by atoms with Crippen LogP contribution in [-0.2, 0) is 0 Å². The van der Waals surface area contributed by atoms with Gasteiger partial charge in [-0.25, -0.2) is 0 Å². The van der Waals surface area contributed by atoms with Crippen LogP contribution in [0.2, 0.25) is 0 Å². The summed E-state index contributed by atoms with van der Waals surface area (Å²) in [4.78, 5) is 0. The van der Waals surface area contributed by atoms with E-state index in [1.807, 2.05) is 13.8 Å². The first-order valence-corrected chi connectivity index (χ1v) is 10.0. The van der Waals surface area contributed by atoms with E-state index in [4.69, 9.17) is 0 Å². The fraction of sp³-hybridized carbons (Fsp3) is 0.905. The van der Waals surface area contributed by atoms with Crippen LogP contribution in [0.25, 0.3) is 0 Å². The maximum absolute atomic E-state index is 2.58. The molecule has 0 radical (unpaired) electrons. The second kappa shape index (κ2) is 22.0. The largest absolute Gasteiger partial charge is 0.0853 e. The van der Waals surface area contributed by atoms with Crippen molar-refractivity contribution in [3.05, 3.63) is 11.6 Å². The first kappa shape index (κ1) is 23.0. The third-order valence-corrected chi connectivity index (χ3v) is 3.94. The predicted molar refractivity (Wildman–Crippen MR) is 101 cm³/mol. The summed E-state index contributed by atoms with van der Waals surface area (Å²) in [5, 5.41) is 0. The van der Waals surface area contributed by atoms with E-state index in [0.29, 0.717) is 0 Å². The Morgan fingerprint density at radius 3 is 1.43 bits per heavy atom. The van der Waals surface area contributed by atoms with Crippen LogP contribution in [0.4, 0.5) is 0 Å². The summed E-state index contributed by atoms with van der Waals surface area (Å²) in [6.07, 6.45) is 22.0. The van der Waals surface area contributed by atoms with Gasteiger partial charge in [0, 0.05) is 0 Å². The summed E-state index contributed by atoms with van der Waals surface area (Å²) < 4.78 is 0. The Balaban J connectivity index is 0. The zero-order valence-corrected chi connectivity index (χ0v) is 16.0. The molecule has 0 aromatic carbocycles. The van der Waals surface area contributed by atoms with Gasteiger partial charge in [-0.05, 0) is 38.5 Å². The molecule has 0 aromatic heterocycles. The molecule has 0 saturated carbocycles. The molecule has 0 N–H and O–H groups in total. The average molecular weight is 297 g/mol. The van der Waals surface area contributed by atoms with E-state index >= 15 is 0 Å². The second-order valence-corrected chi connectivity index (χ2v) is 5.98. The van der Waals surface area contributed by atoms with Crippen LogP contribution in [-0.4, -0.2) is 0 Å². The van der Waals surface area contributed by atoms with Crippen molar-refractivity contribution in [1.29, 1.82) is 0 Å². The molecule has 0 aliphatic carbocycles. The Bertz CT molecular complexity index is 176. The van der Waals surface area contributed by atoms with Gasteiger partial charge < -0.3 is 0 Å². The number of rotatable bonds is 14. The third kappa shape index (κ3) is 19.7. The van der Waals surface area contributed by atoms with Gasteiger partial charge in [0.15, 0.2) is 0 Å². The van der Waals surface area contributed by atoms with E-state index in [1.165, 1.54) is 89.9 Å². The van der Waals surface area contributed by atoms with Gasteiger partial charge in [0.05, 0.1) is 0 Å². The second-order valence-electron chi connectivity index (χ2n) is 5.98. The van der Waals surface area contributed by atoms with Gasteiger partial charge in [-0.15, -0.1) is 0 Å². The first-order chi connectivity index (χ1) is 10.3. The summed E-state index contributed by atoms with van der Waals surface area (Å²) >= 11 is 0. The van der Waals surface area contributed by atoms with Crippen LogP contribution in [0.3, 0.4) is 0 Å². The molecule has 0 aliphatic rings. The summed E-state index contributed by atoms with van der Waals surface area (Å²) in [7, 11) is 0. The summed E-state index contributed by atoms with van der Waals surface area (Å²) in [5.74, 6) is 0. The molecule has 0 rings (SSSR count). The van der Waals surface area contributed by atoms with Crippen molar-refractivity contribution in [3.63, 3.8) is 0 Å². The van der Waals surface area contributed by atoms with Crippen molar-refractivity contribution in [3.8, 4) is 0 Å². The minimum atomic E-state index is 1.32. The number of unbranched alkanes of at least 4 members (excludes halogenated alkanes) is 9. The number of hydrogen-bond acceptors (Lipinski definition) is 0. The van der Waals surface area contributed by atoms with E-state index in [2.05, 4.69) is 26.8 Å². The molecule has 0 heterocycles. The van der Waals surface area contributed by atoms with Gasteiger partial charge in [0.25, 0.3) is 0 Å². The molecule has 0 bridgehead atoms. The Labute approximate surface area is 136 Å². The third-order valence-electron chi connectivity index (χ3n) is 3.94. The SMILES string of the molecule is CC.CCCCCC=C(CCCCCC)CCCCCC. The normalized spacial score (nSPS) is 9.95. The Hall–Kier alpha value is -0.260. The molecule has 128 valence electrons. The molecule has 0 fully saturated rings. The highest BCUT2D eigenvalue weighted by molar-refractivity contribution is 5.01. The maximum atomic E-state index is 2.58. The first-order valence-electron chi connectivity index (χ1n) is 10.0. The van der Waals surface area contributed by atoms with Gasteiger partial charge in [-0.2, -0.15) is 0 Å². The van der Waals surface area contributed by atoms with E-state index in [1.54, 1.807) is 5.57 Å². The van der Waals surface area contributed by atoms with E-state index < -0.39 is 0 Å². The molecule has 0 heteroatoms. The Kier molecular flexibility index (Phi) is 24.1. The van der Waals surface area contributed by atoms with Crippen LogP contribution in [0.15, 0.2) is 11.6 Å². The minimum absolute atomic E-state index is 1.32. The summed E-state index contributed by atoms with van der Waals surface area (Å²) in [6, 6.07) is 0. The lowest BCUT2D eigenvalue weighted by Gasteiger charge is -2.08. The molecule has 0 amide bonds. The fourth-order valence-electron chi connectivity index (χ4n) is 2.59. The topological polar surface area (TPSA) is 0 Å². The van der Waals surface area contributed by atoms with E-state index in [0.717, 1.165) is 0 Å². The number of allylic oxidation sites excluding steroid dienone is 2. The van der Waals surface area contributed by atoms with Crippen molar-refractivity contribution in [2.75, 3.05) is 0 Å². The van der Waals surface area contributed by atoms with Crippen LogP contribution < -0.4 is 0 Å². The summed E-state index contributed by atoms with van der Waals surface area (Å²) in [5.41, 5.74) is 1.77. The summed E-state index contributed by atoms with van der Waals surface area (Å²) in [6.45, 7) is 10.9. The smallest absolute Gasteiger partial charge is 0.0320 e. The van der Waals surface area contributed by atoms with Crippen LogP contribution in [0.5, 0.6) is 0 Å². The van der Waals surface area contributed by atoms with Gasteiger partial charge >= 0.3 is 0 Å². The van der Waals surface area contributed by atoms with Gasteiger partial charge in [-0.1, -0.05) is 97.6 Å². The molecular formula is C21H44. The van der Waals surface area contributed by atoms with Crippen LogP contribution in [0, 0.1) is 0 Å². The van der Waals surface area contributed by atoms with Crippen molar-refractivity contribution in [1.82, 2.24) is 0 Å². The lowest BCUT2D eigenvalue weighted by molar-refractivity contribution is 0.620. The molecule has 0 spiro atoms. The Morgan fingerprint density at radius 2 is 1.00 bits per heavy atom. The van der Waals surface area contributed by atoms with Crippen LogP contribution in [0.1, 0.15) is 125 Å². The molecule has 0 aromatic rings. The Morgan fingerprint density at radius 1 is 0.571 bits per heavy atom. The predicted octanol–water partition coefficient (Wildman–Crippen LogP) is 8.46. The average Bonchev–Trinajstić information content (AvgIpc) is 2.53. The minimum Gasteiger partial charge on any atom is -0.0853 e. The van der Waals surface area contributed by atoms with Crippen molar-refractivity contribution in [2.24, 2.45) is 0 Å². The van der Waals surface area contributed by atoms with Gasteiger partial charge in [-0.3, -0.25) is 0 Å².